The highest BCUT2D eigenvalue weighted by Gasteiger charge is 2.06. The molecule has 0 saturated carbocycles. The minimum Gasteiger partial charge on any atom is -0.0809 e. The summed E-state index contributed by atoms with van der Waals surface area (Å²) in [5.41, 5.74) is 2.49. The van der Waals surface area contributed by atoms with Gasteiger partial charge in [0.05, 0.1) is 0 Å². The largest absolute Gasteiger partial charge is 0.0809 e. The lowest BCUT2D eigenvalue weighted by molar-refractivity contribution is 0.822. The molecular weight excluding hydrogens is 144 g/mol. The Morgan fingerprint density at radius 2 is 2.08 bits per heavy atom. The maximum Gasteiger partial charge on any atom is 0.0462 e. The first-order valence-corrected chi connectivity index (χ1v) is 4.27. The standard InChI is InChI=1S/C12H13/c1-4-11(5-2)12-9-7-6-8-10(12)3/h6-9,11H,4H2,1,3H3. The van der Waals surface area contributed by atoms with Crippen molar-refractivity contribution in [3.8, 4) is 5.92 Å². The Bertz CT molecular complexity index is 291. The van der Waals surface area contributed by atoms with Gasteiger partial charge in [0.15, 0.2) is 0 Å². The summed E-state index contributed by atoms with van der Waals surface area (Å²) in [4.78, 5) is 0. The van der Waals surface area contributed by atoms with Gasteiger partial charge in [0.2, 0.25) is 0 Å². The van der Waals surface area contributed by atoms with Crippen LogP contribution in [0.2, 0.25) is 0 Å². The van der Waals surface area contributed by atoms with Gasteiger partial charge >= 0.3 is 0 Å². The van der Waals surface area contributed by atoms with Crippen LogP contribution in [0.15, 0.2) is 24.3 Å². The molecule has 0 aliphatic carbocycles. The SMILES string of the molecule is [C]#CC(CC)c1ccccc1C. The summed E-state index contributed by atoms with van der Waals surface area (Å²) in [6.45, 7) is 4.16. The zero-order chi connectivity index (χ0) is 8.97. The number of hydrogen-bond donors (Lipinski definition) is 0. The van der Waals surface area contributed by atoms with Crippen molar-refractivity contribution in [2.45, 2.75) is 26.2 Å². The first-order valence-electron chi connectivity index (χ1n) is 4.27. The van der Waals surface area contributed by atoms with Crippen molar-refractivity contribution >= 4 is 0 Å². The molecule has 0 aliphatic heterocycles. The molecule has 0 bridgehead atoms. The maximum absolute atomic E-state index is 7.14. The van der Waals surface area contributed by atoms with E-state index in [1.54, 1.807) is 0 Å². The van der Waals surface area contributed by atoms with Crippen LogP contribution in [0.4, 0.5) is 0 Å². The molecule has 61 valence electrons. The zero-order valence-electron chi connectivity index (χ0n) is 7.59. The van der Waals surface area contributed by atoms with Crippen molar-refractivity contribution < 1.29 is 0 Å². The van der Waals surface area contributed by atoms with Crippen LogP contribution in [-0.2, 0) is 0 Å². The Morgan fingerprint density at radius 3 is 2.58 bits per heavy atom. The molecule has 0 aromatic heterocycles. The monoisotopic (exact) mass is 157 g/mol. The summed E-state index contributed by atoms with van der Waals surface area (Å²) >= 11 is 0. The first-order chi connectivity index (χ1) is 5.79. The van der Waals surface area contributed by atoms with Crippen LogP contribution in [-0.4, -0.2) is 0 Å². The Morgan fingerprint density at radius 1 is 1.42 bits per heavy atom. The summed E-state index contributed by atoms with van der Waals surface area (Å²) in [7, 11) is 0. The fraction of sp³-hybridized carbons (Fsp3) is 0.333. The van der Waals surface area contributed by atoms with Gasteiger partial charge in [0.25, 0.3) is 0 Å². The normalized spacial score (nSPS) is 12.1. The highest BCUT2D eigenvalue weighted by molar-refractivity contribution is 5.32. The van der Waals surface area contributed by atoms with Crippen LogP contribution in [0.3, 0.4) is 0 Å². The fourth-order valence-corrected chi connectivity index (χ4v) is 1.38. The molecule has 0 aliphatic rings. The van der Waals surface area contributed by atoms with Gasteiger partial charge in [-0.15, -0.1) is 0 Å². The molecule has 1 aromatic carbocycles. The minimum atomic E-state index is 0.172. The highest BCUT2D eigenvalue weighted by atomic mass is 14.1. The molecule has 0 nitrogen and oxygen atoms in total. The van der Waals surface area contributed by atoms with Crippen molar-refractivity contribution in [3.05, 3.63) is 41.8 Å². The maximum atomic E-state index is 7.14. The second-order valence-corrected chi connectivity index (χ2v) is 2.96. The molecule has 0 heterocycles. The molecule has 1 radical (unpaired) electrons. The third-order valence-corrected chi connectivity index (χ3v) is 2.15. The van der Waals surface area contributed by atoms with E-state index in [0.717, 1.165) is 6.42 Å². The Kier molecular flexibility index (Phi) is 2.94. The van der Waals surface area contributed by atoms with E-state index < -0.39 is 0 Å². The lowest BCUT2D eigenvalue weighted by atomic mass is 9.94. The van der Waals surface area contributed by atoms with E-state index in [-0.39, 0.29) is 5.92 Å². The Hall–Kier alpha value is -1.22. The summed E-state index contributed by atoms with van der Waals surface area (Å²) in [5, 5.41) is 0. The van der Waals surface area contributed by atoms with Gasteiger partial charge in [-0.1, -0.05) is 37.1 Å². The molecule has 1 atom stereocenters. The van der Waals surface area contributed by atoms with Crippen molar-refractivity contribution in [2.75, 3.05) is 0 Å². The van der Waals surface area contributed by atoms with Crippen molar-refractivity contribution in [1.29, 1.82) is 0 Å². The third kappa shape index (κ3) is 1.68. The predicted octanol–water partition coefficient (Wildman–Crippen LogP) is 3.08. The second-order valence-electron chi connectivity index (χ2n) is 2.96. The van der Waals surface area contributed by atoms with E-state index in [9.17, 15) is 0 Å². The molecule has 0 spiro atoms. The number of hydrogen-bond acceptors (Lipinski definition) is 0. The second kappa shape index (κ2) is 3.97. The zero-order valence-corrected chi connectivity index (χ0v) is 7.59. The van der Waals surface area contributed by atoms with E-state index in [4.69, 9.17) is 6.42 Å². The quantitative estimate of drug-likeness (QED) is 0.579. The molecule has 0 amide bonds. The van der Waals surface area contributed by atoms with E-state index in [1.165, 1.54) is 11.1 Å². The molecule has 0 N–H and O–H groups in total. The number of rotatable bonds is 2. The van der Waals surface area contributed by atoms with Gasteiger partial charge in [0, 0.05) is 5.92 Å². The molecule has 12 heavy (non-hydrogen) atoms. The summed E-state index contributed by atoms with van der Waals surface area (Å²) < 4.78 is 0. The van der Waals surface area contributed by atoms with Gasteiger partial charge in [-0.25, -0.2) is 0 Å². The third-order valence-electron chi connectivity index (χ3n) is 2.15. The topological polar surface area (TPSA) is 0 Å². The first kappa shape index (κ1) is 8.87. The number of aryl methyl sites for hydroxylation is 1. The van der Waals surface area contributed by atoms with Crippen LogP contribution < -0.4 is 0 Å². The molecule has 1 unspecified atom stereocenters. The average Bonchev–Trinajstić information content (AvgIpc) is 2.10. The van der Waals surface area contributed by atoms with Gasteiger partial charge < -0.3 is 0 Å². The smallest absolute Gasteiger partial charge is 0.0462 e. The average molecular weight is 157 g/mol. The van der Waals surface area contributed by atoms with Crippen molar-refractivity contribution in [1.82, 2.24) is 0 Å². The molecule has 0 heteroatoms. The van der Waals surface area contributed by atoms with Gasteiger partial charge in [0.1, 0.15) is 0 Å². The van der Waals surface area contributed by atoms with E-state index >= 15 is 0 Å². The molecular formula is C12H13. The lowest BCUT2D eigenvalue weighted by Gasteiger charge is -2.10. The molecule has 0 saturated heterocycles. The van der Waals surface area contributed by atoms with Crippen LogP contribution in [0, 0.1) is 19.3 Å². The van der Waals surface area contributed by atoms with E-state index in [1.807, 2.05) is 12.1 Å². The van der Waals surface area contributed by atoms with Crippen molar-refractivity contribution in [3.63, 3.8) is 0 Å². The minimum absolute atomic E-state index is 0.172. The van der Waals surface area contributed by atoms with Crippen LogP contribution in [0.5, 0.6) is 0 Å². The Balaban J connectivity index is 3.02. The predicted molar refractivity (Wildman–Crippen MR) is 51.3 cm³/mol. The van der Waals surface area contributed by atoms with Crippen LogP contribution in [0.1, 0.15) is 30.4 Å². The molecule has 0 fully saturated rings. The van der Waals surface area contributed by atoms with Gasteiger partial charge in [-0.3, -0.25) is 0 Å². The summed E-state index contributed by atoms with van der Waals surface area (Å²) in [5.74, 6) is 2.73. The van der Waals surface area contributed by atoms with E-state index in [2.05, 4.69) is 31.9 Å². The fourth-order valence-electron chi connectivity index (χ4n) is 1.38. The highest BCUT2D eigenvalue weighted by Crippen LogP contribution is 2.21. The summed E-state index contributed by atoms with van der Waals surface area (Å²) in [6.07, 6.45) is 8.10. The van der Waals surface area contributed by atoms with Gasteiger partial charge in [-0.05, 0) is 30.9 Å². The lowest BCUT2D eigenvalue weighted by Crippen LogP contribution is -1.95. The molecule has 1 aromatic rings. The van der Waals surface area contributed by atoms with Crippen molar-refractivity contribution in [2.24, 2.45) is 0 Å². The molecule has 1 rings (SSSR count). The van der Waals surface area contributed by atoms with E-state index in [0.29, 0.717) is 0 Å². The van der Waals surface area contributed by atoms with Crippen LogP contribution in [0.25, 0.3) is 0 Å². The number of benzene rings is 1. The summed E-state index contributed by atoms with van der Waals surface area (Å²) in [6, 6.07) is 8.19. The van der Waals surface area contributed by atoms with Gasteiger partial charge in [-0.2, -0.15) is 0 Å². The Labute approximate surface area is 74.6 Å². The van der Waals surface area contributed by atoms with Crippen LogP contribution >= 0.6 is 0 Å².